The number of carbonyl (C=O) groups is 1. The van der Waals surface area contributed by atoms with Gasteiger partial charge in [-0.05, 0) is 37.2 Å². The van der Waals surface area contributed by atoms with E-state index < -0.39 is 11.6 Å². The zero-order chi connectivity index (χ0) is 18.3. The van der Waals surface area contributed by atoms with Crippen molar-refractivity contribution >= 4 is 23.1 Å². The van der Waals surface area contributed by atoms with E-state index in [1.807, 2.05) is 6.07 Å². The molecule has 8 heteroatoms. The number of aromatic amines is 1. The van der Waals surface area contributed by atoms with E-state index in [1.54, 1.807) is 0 Å². The molecule has 0 radical (unpaired) electrons. The van der Waals surface area contributed by atoms with Crippen LogP contribution in [0.25, 0.3) is 11.1 Å². The van der Waals surface area contributed by atoms with Gasteiger partial charge in [0.1, 0.15) is 17.5 Å². The van der Waals surface area contributed by atoms with Crippen molar-refractivity contribution in [2.24, 2.45) is 0 Å². The third-order valence-corrected chi connectivity index (χ3v) is 5.56. The van der Waals surface area contributed by atoms with Gasteiger partial charge in [0.15, 0.2) is 0 Å². The van der Waals surface area contributed by atoms with Gasteiger partial charge in [0.2, 0.25) is 0 Å². The van der Waals surface area contributed by atoms with E-state index in [-0.39, 0.29) is 17.3 Å². The summed E-state index contributed by atoms with van der Waals surface area (Å²) in [6.45, 7) is 1.81. The number of amides is 1. The number of nitrogens with zero attached hydrogens (tertiary/aromatic N) is 2. The van der Waals surface area contributed by atoms with Gasteiger partial charge in [-0.1, -0.05) is 0 Å². The average molecular weight is 374 g/mol. The van der Waals surface area contributed by atoms with Crippen LogP contribution in [0.4, 0.5) is 14.6 Å². The van der Waals surface area contributed by atoms with Crippen LogP contribution in [0.1, 0.15) is 20.1 Å². The van der Waals surface area contributed by atoms with Crippen LogP contribution in [0.3, 0.4) is 0 Å². The molecular weight excluding hydrogens is 358 g/mol. The lowest BCUT2D eigenvalue weighted by molar-refractivity contribution is 0.103. The van der Waals surface area contributed by atoms with Crippen molar-refractivity contribution in [2.75, 3.05) is 18.9 Å². The fourth-order valence-corrected chi connectivity index (χ4v) is 4.22. The Labute approximate surface area is 152 Å². The normalized spacial score (nSPS) is 14.3. The third-order valence-electron chi connectivity index (χ3n) is 4.40. The second kappa shape index (κ2) is 6.62. The lowest BCUT2D eigenvalue weighted by Crippen LogP contribution is -2.24. The monoisotopic (exact) mass is 374 g/mol. The number of nitrogens with one attached hydrogen (secondary N) is 2. The molecular formula is C18H16F2N4OS. The number of halogens is 2. The molecule has 2 N–H and O–H groups in total. The van der Waals surface area contributed by atoms with Crippen LogP contribution in [0.5, 0.6) is 0 Å². The maximum Gasteiger partial charge on any atom is 0.266 e. The molecule has 0 saturated heterocycles. The number of hydrogen-bond donors (Lipinski definition) is 2. The molecule has 1 amide bonds. The van der Waals surface area contributed by atoms with Crippen LogP contribution in [-0.2, 0) is 13.0 Å². The number of benzene rings is 1. The van der Waals surface area contributed by atoms with E-state index in [4.69, 9.17) is 0 Å². The second-order valence-corrected chi connectivity index (χ2v) is 7.42. The highest BCUT2D eigenvalue weighted by Gasteiger charge is 2.21. The van der Waals surface area contributed by atoms with E-state index in [0.29, 0.717) is 10.4 Å². The van der Waals surface area contributed by atoms with Crippen molar-refractivity contribution in [3.8, 4) is 11.1 Å². The number of likely N-dealkylation sites (N-methyl/N-ethyl adjacent to an activating group) is 1. The Morgan fingerprint density at radius 3 is 2.96 bits per heavy atom. The maximum absolute atomic E-state index is 14.0. The van der Waals surface area contributed by atoms with Gasteiger partial charge >= 0.3 is 0 Å². The summed E-state index contributed by atoms with van der Waals surface area (Å²) in [6, 6.07) is 5.21. The lowest BCUT2D eigenvalue weighted by atomic mass is 10.1. The van der Waals surface area contributed by atoms with E-state index >= 15 is 0 Å². The number of anilines is 1. The van der Waals surface area contributed by atoms with Crippen LogP contribution in [0.15, 0.2) is 30.5 Å². The summed E-state index contributed by atoms with van der Waals surface area (Å²) in [6.07, 6.45) is 2.33. The highest BCUT2D eigenvalue weighted by molar-refractivity contribution is 7.14. The van der Waals surface area contributed by atoms with Crippen molar-refractivity contribution in [3.05, 3.63) is 57.4 Å². The Balaban J connectivity index is 1.59. The zero-order valence-electron chi connectivity index (χ0n) is 14.0. The number of rotatable bonds is 3. The van der Waals surface area contributed by atoms with E-state index in [2.05, 4.69) is 27.5 Å². The minimum absolute atomic E-state index is 0.169. The van der Waals surface area contributed by atoms with Crippen molar-refractivity contribution < 1.29 is 13.6 Å². The molecule has 3 aromatic rings. The highest BCUT2D eigenvalue weighted by atomic mass is 32.1. The summed E-state index contributed by atoms with van der Waals surface area (Å²) in [5.41, 5.74) is 1.74. The number of aromatic nitrogens is 2. The van der Waals surface area contributed by atoms with Crippen LogP contribution in [-0.4, -0.2) is 34.6 Å². The molecule has 3 heterocycles. The fourth-order valence-electron chi connectivity index (χ4n) is 3.03. The zero-order valence-corrected chi connectivity index (χ0v) is 14.8. The third kappa shape index (κ3) is 3.13. The Morgan fingerprint density at radius 2 is 2.15 bits per heavy atom. The molecule has 5 nitrogen and oxygen atoms in total. The summed E-state index contributed by atoms with van der Waals surface area (Å²) in [5.74, 6) is -1.37. The topological polar surface area (TPSA) is 61.0 Å². The SMILES string of the molecule is CN1CCc2cc(C(=O)Nc3[nH]ncc3-c3ccc(F)cc3F)sc2C1. The first-order valence-corrected chi connectivity index (χ1v) is 8.93. The quantitative estimate of drug-likeness (QED) is 0.736. The van der Waals surface area contributed by atoms with Crippen LogP contribution in [0.2, 0.25) is 0 Å². The van der Waals surface area contributed by atoms with Gasteiger partial charge in [-0.15, -0.1) is 11.3 Å². The fraction of sp³-hybridized carbons (Fsp3) is 0.222. The standard InChI is InChI=1S/C18H16F2N4OS/c1-24-5-4-10-6-15(26-16(10)9-24)18(25)22-17-13(8-21-23-17)12-3-2-11(19)7-14(12)20/h2-3,6-8H,4-5,9H2,1H3,(H2,21,22,23,25). The molecule has 4 rings (SSSR count). The molecule has 26 heavy (non-hydrogen) atoms. The minimum atomic E-state index is -0.712. The molecule has 2 aromatic heterocycles. The first kappa shape index (κ1) is 16.9. The Bertz CT molecular complexity index is 981. The number of hydrogen-bond acceptors (Lipinski definition) is 4. The van der Waals surface area contributed by atoms with E-state index in [0.717, 1.165) is 25.6 Å². The van der Waals surface area contributed by atoms with E-state index in [1.165, 1.54) is 40.1 Å². The number of carbonyl (C=O) groups excluding carboxylic acids is 1. The van der Waals surface area contributed by atoms with Crippen molar-refractivity contribution in [1.82, 2.24) is 15.1 Å². The molecule has 0 atom stereocenters. The van der Waals surface area contributed by atoms with Gasteiger partial charge in [-0.25, -0.2) is 8.78 Å². The van der Waals surface area contributed by atoms with Crippen LogP contribution < -0.4 is 5.32 Å². The van der Waals surface area contributed by atoms with Crippen molar-refractivity contribution in [3.63, 3.8) is 0 Å². The van der Waals surface area contributed by atoms with E-state index in [9.17, 15) is 13.6 Å². The largest absolute Gasteiger partial charge is 0.306 e. The van der Waals surface area contributed by atoms with Gasteiger partial charge in [-0.2, -0.15) is 5.10 Å². The number of H-pyrrole nitrogens is 1. The predicted molar refractivity (Wildman–Crippen MR) is 96.2 cm³/mol. The van der Waals surface area contributed by atoms with Gasteiger partial charge in [0, 0.05) is 35.2 Å². The number of thiophene rings is 1. The molecule has 0 fully saturated rings. The first-order valence-electron chi connectivity index (χ1n) is 8.11. The van der Waals surface area contributed by atoms with Gasteiger partial charge in [-0.3, -0.25) is 9.89 Å². The van der Waals surface area contributed by atoms with Gasteiger partial charge < -0.3 is 10.2 Å². The van der Waals surface area contributed by atoms with Gasteiger partial charge in [0.05, 0.1) is 11.1 Å². The lowest BCUT2D eigenvalue weighted by Gasteiger charge is -2.21. The Morgan fingerprint density at radius 1 is 1.31 bits per heavy atom. The summed E-state index contributed by atoms with van der Waals surface area (Å²) in [4.78, 5) is 16.6. The Hall–Kier alpha value is -2.58. The van der Waals surface area contributed by atoms with Gasteiger partial charge in [0.25, 0.3) is 5.91 Å². The molecule has 0 spiro atoms. The molecule has 0 saturated carbocycles. The van der Waals surface area contributed by atoms with Crippen molar-refractivity contribution in [2.45, 2.75) is 13.0 Å². The number of fused-ring (bicyclic) bond motifs is 1. The summed E-state index contributed by atoms with van der Waals surface area (Å²) >= 11 is 1.46. The second-order valence-electron chi connectivity index (χ2n) is 6.28. The first-order chi connectivity index (χ1) is 12.5. The summed E-state index contributed by atoms with van der Waals surface area (Å²) in [5, 5.41) is 9.30. The smallest absolute Gasteiger partial charge is 0.266 e. The predicted octanol–water partition coefficient (Wildman–Crippen LogP) is 3.66. The molecule has 1 aliphatic heterocycles. The van der Waals surface area contributed by atoms with Crippen LogP contribution in [0, 0.1) is 11.6 Å². The maximum atomic E-state index is 14.0. The average Bonchev–Trinajstić information content (AvgIpc) is 3.21. The highest BCUT2D eigenvalue weighted by Crippen LogP contribution is 2.31. The molecule has 0 unspecified atom stereocenters. The molecule has 134 valence electrons. The minimum Gasteiger partial charge on any atom is -0.306 e. The van der Waals surface area contributed by atoms with Crippen LogP contribution >= 0.6 is 11.3 Å². The molecule has 1 aromatic carbocycles. The van der Waals surface area contributed by atoms with Crippen molar-refractivity contribution in [1.29, 1.82) is 0 Å². The summed E-state index contributed by atoms with van der Waals surface area (Å²) < 4.78 is 27.2. The molecule has 0 bridgehead atoms. The Kier molecular flexibility index (Phi) is 4.29. The molecule has 1 aliphatic rings. The summed E-state index contributed by atoms with van der Waals surface area (Å²) in [7, 11) is 2.05. The molecule has 0 aliphatic carbocycles.